The van der Waals surface area contributed by atoms with Crippen LogP contribution in [0.2, 0.25) is 5.02 Å². The fraction of sp³-hybridized carbons (Fsp3) is 0.600. The minimum absolute atomic E-state index is 0.424. The standard InChI is InChI=1S/C25H36ClN5O2/c1-32-13-10-27-19-2-4-20(5-3-19)31-25-15-22(23(26)17-30-25)24-14-21(6-9-28-24)29-16-18-7-11-33-12-8-18/h6,9,14-15,17-20,27H,2-5,7-8,10-13,16H2,1H3,(H,28,29)(H,30,31). The number of aromatic nitrogens is 2. The van der Waals surface area contributed by atoms with Gasteiger partial charge in [0.2, 0.25) is 0 Å². The van der Waals surface area contributed by atoms with Crippen LogP contribution in [0.15, 0.2) is 30.6 Å². The van der Waals surface area contributed by atoms with Gasteiger partial charge >= 0.3 is 0 Å². The molecule has 7 nitrogen and oxygen atoms in total. The van der Waals surface area contributed by atoms with Crippen molar-refractivity contribution in [2.24, 2.45) is 5.92 Å². The molecule has 1 aliphatic heterocycles. The van der Waals surface area contributed by atoms with Crippen LogP contribution in [0.1, 0.15) is 38.5 Å². The number of methoxy groups -OCH3 is 1. The van der Waals surface area contributed by atoms with Crippen LogP contribution in [0.3, 0.4) is 0 Å². The third-order valence-corrected chi connectivity index (χ3v) is 6.95. The summed E-state index contributed by atoms with van der Waals surface area (Å²) in [6, 6.07) is 7.10. The molecule has 8 heteroatoms. The van der Waals surface area contributed by atoms with E-state index >= 15 is 0 Å². The summed E-state index contributed by atoms with van der Waals surface area (Å²) in [4.78, 5) is 9.11. The maximum atomic E-state index is 6.52. The molecule has 0 amide bonds. The van der Waals surface area contributed by atoms with Crippen molar-refractivity contribution < 1.29 is 9.47 Å². The normalized spacial score (nSPS) is 21.6. The van der Waals surface area contributed by atoms with Crippen molar-refractivity contribution in [2.45, 2.75) is 50.6 Å². The van der Waals surface area contributed by atoms with E-state index in [0.29, 0.717) is 23.0 Å². The highest BCUT2D eigenvalue weighted by molar-refractivity contribution is 6.33. The van der Waals surface area contributed by atoms with Crippen molar-refractivity contribution in [1.29, 1.82) is 0 Å². The highest BCUT2D eigenvalue weighted by Gasteiger charge is 2.21. The summed E-state index contributed by atoms with van der Waals surface area (Å²) in [6.07, 6.45) is 10.3. The average Bonchev–Trinajstić information content (AvgIpc) is 2.86. The van der Waals surface area contributed by atoms with Crippen molar-refractivity contribution >= 4 is 23.1 Å². The van der Waals surface area contributed by atoms with E-state index in [1.54, 1.807) is 13.3 Å². The Kier molecular flexibility index (Phi) is 9.17. The van der Waals surface area contributed by atoms with Crippen LogP contribution in [0.4, 0.5) is 11.5 Å². The number of nitrogens with one attached hydrogen (secondary N) is 3. The van der Waals surface area contributed by atoms with Crippen molar-refractivity contribution in [2.75, 3.05) is 50.7 Å². The topological polar surface area (TPSA) is 80.3 Å². The molecule has 180 valence electrons. The zero-order valence-corrected chi connectivity index (χ0v) is 20.2. The van der Waals surface area contributed by atoms with Crippen LogP contribution in [-0.2, 0) is 9.47 Å². The fourth-order valence-electron chi connectivity index (χ4n) is 4.63. The Morgan fingerprint density at radius 3 is 2.64 bits per heavy atom. The van der Waals surface area contributed by atoms with Gasteiger partial charge in [-0.1, -0.05) is 11.6 Å². The molecule has 1 saturated heterocycles. The second kappa shape index (κ2) is 12.5. The van der Waals surface area contributed by atoms with Gasteiger partial charge in [-0.2, -0.15) is 0 Å². The van der Waals surface area contributed by atoms with E-state index in [0.717, 1.165) is 94.2 Å². The molecular weight excluding hydrogens is 438 g/mol. The van der Waals surface area contributed by atoms with E-state index in [4.69, 9.17) is 21.1 Å². The first-order chi connectivity index (χ1) is 16.2. The highest BCUT2D eigenvalue weighted by atomic mass is 35.5. The Morgan fingerprint density at radius 2 is 1.85 bits per heavy atom. The number of halogens is 1. The maximum absolute atomic E-state index is 6.52. The summed E-state index contributed by atoms with van der Waals surface area (Å²) in [7, 11) is 1.74. The predicted molar refractivity (Wildman–Crippen MR) is 134 cm³/mol. The minimum atomic E-state index is 0.424. The lowest BCUT2D eigenvalue weighted by Gasteiger charge is -2.30. The lowest BCUT2D eigenvalue weighted by atomic mass is 9.91. The van der Waals surface area contributed by atoms with Gasteiger partial charge < -0.3 is 25.4 Å². The van der Waals surface area contributed by atoms with Crippen LogP contribution >= 0.6 is 11.6 Å². The fourth-order valence-corrected chi connectivity index (χ4v) is 4.83. The maximum Gasteiger partial charge on any atom is 0.126 e. The molecule has 33 heavy (non-hydrogen) atoms. The molecule has 3 N–H and O–H groups in total. The molecule has 0 bridgehead atoms. The van der Waals surface area contributed by atoms with E-state index in [9.17, 15) is 0 Å². The highest BCUT2D eigenvalue weighted by Crippen LogP contribution is 2.30. The van der Waals surface area contributed by atoms with Gasteiger partial charge in [-0.15, -0.1) is 0 Å². The van der Waals surface area contributed by atoms with Gasteiger partial charge in [-0.25, -0.2) is 4.98 Å². The molecule has 1 aliphatic carbocycles. The third-order valence-electron chi connectivity index (χ3n) is 6.65. The predicted octanol–water partition coefficient (Wildman–Crippen LogP) is 4.59. The number of rotatable bonds is 10. The summed E-state index contributed by atoms with van der Waals surface area (Å²) in [5, 5.41) is 11.4. The quantitative estimate of drug-likeness (QED) is 0.435. The lowest BCUT2D eigenvalue weighted by Crippen LogP contribution is -2.38. The molecule has 0 radical (unpaired) electrons. The first kappa shape index (κ1) is 24.2. The number of ether oxygens (including phenoxy) is 2. The van der Waals surface area contributed by atoms with Crippen molar-refractivity contribution in [3.05, 3.63) is 35.6 Å². The number of hydrogen-bond acceptors (Lipinski definition) is 7. The monoisotopic (exact) mass is 473 g/mol. The van der Waals surface area contributed by atoms with E-state index in [-0.39, 0.29) is 0 Å². The van der Waals surface area contributed by atoms with Gasteiger partial charge in [0.1, 0.15) is 5.82 Å². The van der Waals surface area contributed by atoms with Crippen molar-refractivity contribution in [3.63, 3.8) is 0 Å². The van der Waals surface area contributed by atoms with E-state index < -0.39 is 0 Å². The smallest absolute Gasteiger partial charge is 0.126 e. The van der Waals surface area contributed by atoms with Crippen LogP contribution in [-0.4, -0.2) is 62.1 Å². The third kappa shape index (κ3) is 7.27. The molecule has 2 aromatic heterocycles. The van der Waals surface area contributed by atoms with Crippen molar-refractivity contribution in [3.8, 4) is 11.3 Å². The summed E-state index contributed by atoms with van der Waals surface area (Å²) >= 11 is 6.52. The van der Waals surface area contributed by atoms with Gasteiger partial charge in [0.15, 0.2) is 0 Å². The molecule has 0 aromatic carbocycles. The molecule has 2 aromatic rings. The SMILES string of the molecule is COCCNC1CCC(Nc2cc(-c3cc(NCC4CCOCC4)ccn3)c(Cl)cn2)CC1. The van der Waals surface area contributed by atoms with Gasteiger partial charge in [-0.3, -0.25) is 4.98 Å². The molecule has 3 heterocycles. The summed E-state index contributed by atoms with van der Waals surface area (Å²) < 4.78 is 10.6. The van der Waals surface area contributed by atoms with Gasteiger partial charge in [0.05, 0.1) is 17.3 Å². The second-order valence-corrected chi connectivity index (χ2v) is 9.46. The van der Waals surface area contributed by atoms with Crippen LogP contribution < -0.4 is 16.0 Å². The first-order valence-corrected chi connectivity index (χ1v) is 12.5. The van der Waals surface area contributed by atoms with Gasteiger partial charge in [0.25, 0.3) is 0 Å². The number of pyridine rings is 2. The van der Waals surface area contributed by atoms with Crippen LogP contribution in [0.5, 0.6) is 0 Å². The first-order valence-electron chi connectivity index (χ1n) is 12.1. The minimum Gasteiger partial charge on any atom is -0.385 e. The zero-order valence-electron chi connectivity index (χ0n) is 19.5. The Labute approximate surface area is 202 Å². The molecular formula is C25H36ClN5O2. The largest absolute Gasteiger partial charge is 0.385 e. The summed E-state index contributed by atoms with van der Waals surface area (Å²) in [5.41, 5.74) is 2.82. The van der Waals surface area contributed by atoms with Crippen LogP contribution in [0.25, 0.3) is 11.3 Å². The van der Waals surface area contributed by atoms with E-state index in [1.165, 1.54) is 0 Å². The molecule has 0 spiro atoms. The van der Waals surface area contributed by atoms with E-state index in [2.05, 4.69) is 32.0 Å². The average molecular weight is 474 g/mol. The Balaban J connectivity index is 1.34. The molecule has 0 unspecified atom stereocenters. The van der Waals surface area contributed by atoms with E-state index in [1.807, 2.05) is 18.3 Å². The van der Waals surface area contributed by atoms with Crippen molar-refractivity contribution in [1.82, 2.24) is 15.3 Å². The lowest BCUT2D eigenvalue weighted by molar-refractivity contribution is 0.0699. The van der Waals surface area contributed by atoms with Crippen LogP contribution in [0, 0.1) is 5.92 Å². The Hall–Kier alpha value is -1.93. The number of hydrogen-bond donors (Lipinski definition) is 3. The number of anilines is 2. The molecule has 1 saturated carbocycles. The summed E-state index contributed by atoms with van der Waals surface area (Å²) in [5.74, 6) is 1.51. The van der Waals surface area contributed by atoms with Gasteiger partial charge in [-0.05, 0) is 62.6 Å². The molecule has 2 aliphatic rings. The summed E-state index contributed by atoms with van der Waals surface area (Å²) in [6.45, 7) is 4.35. The molecule has 0 atom stereocenters. The molecule has 2 fully saturated rings. The number of nitrogens with zero attached hydrogens (tertiary/aromatic N) is 2. The Morgan fingerprint density at radius 1 is 1.06 bits per heavy atom. The Bertz CT molecular complexity index is 870. The second-order valence-electron chi connectivity index (χ2n) is 9.06. The van der Waals surface area contributed by atoms with Gasteiger partial charge in [0, 0.05) is 69.1 Å². The zero-order chi connectivity index (χ0) is 22.9. The molecule has 4 rings (SSSR count).